The minimum Gasteiger partial charge on any atom is -0.392 e. The molecule has 0 aromatic rings. The summed E-state index contributed by atoms with van der Waals surface area (Å²) in [6, 6.07) is 0. The van der Waals surface area contributed by atoms with Gasteiger partial charge in [0.05, 0.1) is 23.9 Å². The number of hydrogen-bond donors (Lipinski definition) is 2. The first-order valence-electron chi connectivity index (χ1n) is 18.3. The van der Waals surface area contributed by atoms with E-state index in [4.69, 9.17) is 9.47 Å². The Hall–Kier alpha value is -1.60. The molecule has 1 fully saturated rings. The average Bonchev–Trinajstić information content (AvgIpc) is 3.01. The van der Waals surface area contributed by atoms with Crippen LogP contribution < -0.4 is 0 Å². The van der Waals surface area contributed by atoms with Crippen LogP contribution in [0.5, 0.6) is 0 Å². The van der Waals surface area contributed by atoms with Crippen LogP contribution in [0.1, 0.15) is 151 Å². The molecule has 2 N–H and O–H groups in total. The molecule has 1 saturated carbocycles. The van der Waals surface area contributed by atoms with Gasteiger partial charge in [0.1, 0.15) is 5.78 Å². The molecule has 0 spiro atoms. The number of ether oxygens (including phenoxy) is 2. The molecule has 1 aliphatic carbocycles. The fourth-order valence-corrected chi connectivity index (χ4v) is 7.30. The van der Waals surface area contributed by atoms with Gasteiger partial charge in [-0.1, -0.05) is 82.8 Å². The fourth-order valence-electron chi connectivity index (χ4n) is 7.30. The highest BCUT2D eigenvalue weighted by atomic mass is 16.5. The molecule has 0 radical (unpaired) electrons. The summed E-state index contributed by atoms with van der Waals surface area (Å²) >= 11 is 0. The zero-order valence-corrected chi connectivity index (χ0v) is 31.0. The number of methoxy groups -OCH3 is 2. The maximum atomic E-state index is 12.6. The van der Waals surface area contributed by atoms with Crippen molar-refractivity contribution >= 4 is 11.6 Å². The number of ketones is 2. The van der Waals surface area contributed by atoms with Gasteiger partial charge in [0.15, 0.2) is 5.78 Å². The summed E-state index contributed by atoms with van der Waals surface area (Å²) in [6.45, 7) is 13.9. The number of carbonyl (C=O) groups is 2. The van der Waals surface area contributed by atoms with E-state index >= 15 is 0 Å². The second-order valence-electron chi connectivity index (χ2n) is 14.4. The summed E-state index contributed by atoms with van der Waals surface area (Å²) in [6.07, 6.45) is 19.9. The van der Waals surface area contributed by atoms with E-state index in [-0.39, 0.29) is 35.9 Å². The lowest BCUT2D eigenvalue weighted by molar-refractivity contribution is -0.121. The van der Waals surface area contributed by atoms with E-state index < -0.39 is 11.7 Å². The summed E-state index contributed by atoms with van der Waals surface area (Å²) in [5.41, 5.74) is 1.94. The Kier molecular flexibility index (Phi) is 21.1. The van der Waals surface area contributed by atoms with E-state index in [0.29, 0.717) is 36.9 Å². The van der Waals surface area contributed by atoms with Crippen LogP contribution in [0.25, 0.3) is 0 Å². The lowest BCUT2D eigenvalue weighted by atomic mass is 9.74. The second-order valence-corrected chi connectivity index (χ2v) is 14.4. The molecule has 1 rings (SSSR count). The van der Waals surface area contributed by atoms with Crippen LogP contribution in [0.2, 0.25) is 0 Å². The number of allylic oxidation sites excluding steroid dienone is 5. The summed E-state index contributed by atoms with van der Waals surface area (Å²) in [4.78, 5) is 25.0. The topological polar surface area (TPSA) is 93.1 Å². The third kappa shape index (κ3) is 15.5. The van der Waals surface area contributed by atoms with E-state index in [1.165, 1.54) is 24.0 Å². The molecule has 0 amide bonds. The maximum absolute atomic E-state index is 12.6. The molecule has 0 aliphatic heterocycles. The van der Waals surface area contributed by atoms with Gasteiger partial charge in [-0.25, -0.2) is 0 Å². The van der Waals surface area contributed by atoms with Crippen molar-refractivity contribution in [2.45, 2.75) is 175 Å². The Labute approximate surface area is 282 Å². The van der Waals surface area contributed by atoms with Gasteiger partial charge in [-0.3, -0.25) is 9.59 Å². The average molecular weight is 647 g/mol. The van der Waals surface area contributed by atoms with Crippen molar-refractivity contribution in [2.24, 2.45) is 17.8 Å². The summed E-state index contributed by atoms with van der Waals surface area (Å²) in [7, 11) is 3.53. The van der Waals surface area contributed by atoms with Gasteiger partial charge in [0.2, 0.25) is 0 Å². The van der Waals surface area contributed by atoms with Crippen molar-refractivity contribution in [2.75, 3.05) is 14.2 Å². The molecule has 266 valence electrons. The van der Waals surface area contributed by atoms with E-state index in [1.807, 2.05) is 39.8 Å². The maximum Gasteiger partial charge on any atom is 0.158 e. The smallest absolute Gasteiger partial charge is 0.158 e. The molecule has 1 aliphatic rings. The predicted octanol–water partition coefficient (Wildman–Crippen LogP) is 9.27. The molecule has 0 aromatic heterocycles. The quantitative estimate of drug-likeness (QED) is 0.0617. The molecule has 7 atom stereocenters. The molecular weight excluding hydrogens is 576 g/mol. The summed E-state index contributed by atoms with van der Waals surface area (Å²) in [5.74, 6) is 0.557. The van der Waals surface area contributed by atoms with Crippen LogP contribution in [-0.2, 0) is 19.1 Å². The molecule has 0 bridgehead atoms. The third-order valence-electron chi connectivity index (χ3n) is 10.2. The van der Waals surface area contributed by atoms with Gasteiger partial charge in [-0.15, -0.1) is 0 Å². The van der Waals surface area contributed by atoms with Crippen LogP contribution in [0.3, 0.4) is 0 Å². The standard InChI is InChI=1S/C40H70O6/c1-10-16-38(33(7)41)40(44,23-11-2)32(6)26-36(45-8)19-14-12-13-17-29(3)21-22-35(42)28-39(43)31(5)24-30(4)25-34-18-15-20-37(27-34)46-9/h16,21,25,31-32,34,36-37,39,43-44H,10-15,17-20,22-24,26-28H2,1-9H3/b29-21+,30-25+,38-16+/t31-,32?,34?,36?,37?,39?,40?/m0/s1. The predicted molar refractivity (Wildman–Crippen MR) is 191 cm³/mol. The zero-order valence-electron chi connectivity index (χ0n) is 31.0. The Morgan fingerprint density at radius 1 is 0.978 bits per heavy atom. The molecule has 0 saturated heterocycles. The van der Waals surface area contributed by atoms with Crippen molar-refractivity contribution in [1.82, 2.24) is 0 Å². The number of carbonyl (C=O) groups excluding carboxylic acids is 2. The Balaban J connectivity index is 2.45. The highest BCUT2D eigenvalue weighted by Gasteiger charge is 2.39. The number of hydrogen-bond acceptors (Lipinski definition) is 6. The molecule has 6 nitrogen and oxygen atoms in total. The number of unbranched alkanes of at least 4 members (excludes halogenated alkanes) is 2. The second kappa shape index (κ2) is 22.9. The molecular formula is C40H70O6. The third-order valence-corrected chi connectivity index (χ3v) is 10.2. The summed E-state index contributed by atoms with van der Waals surface area (Å²) < 4.78 is 11.4. The number of rotatable bonds is 24. The first-order chi connectivity index (χ1) is 21.8. The fraction of sp³-hybridized carbons (Fsp3) is 0.800. The van der Waals surface area contributed by atoms with Crippen molar-refractivity contribution in [3.63, 3.8) is 0 Å². The highest BCUT2D eigenvalue weighted by Crippen LogP contribution is 2.36. The van der Waals surface area contributed by atoms with Crippen molar-refractivity contribution in [3.8, 4) is 0 Å². The Morgan fingerprint density at radius 2 is 1.70 bits per heavy atom. The van der Waals surface area contributed by atoms with Crippen molar-refractivity contribution < 1.29 is 29.3 Å². The van der Waals surface area contributed by atoms with Crippen LogP contribution >= 0.6 is 0 Å². The lowest BCUT2D eigenvalue weighted by Gasteiger charge is -2.37. The Bertz CT molecular complexity index is 980. The molecule has 46 heavy (non-hydrogen) atoms. The normalized spacial score (nSPS) is 22.2. The first kappa shape index (κ1) is 42.4. The van der Waals surface area contributed by atoms with Gasteiger partial charge in [-0.05, 0) is 103 Å². The van der Waals surface area contributed by atoms with E-state index in [1.54, 1.807) is 21.1 Å². The zero-order chi connectivity index (χ0) is 34.7. The van der Waals surface area contributed by atoms with Gasteiger partial charge in [0, 0.05) is 32.6 Å². The lowest BCUT2D eigenvalue weighted by Crippen LogP contribution is -2.42. The Morgan fingerprint density at radius 3 is 2.30 bits per heavy atom. The summed E-state index contributed by atoms with van der Waals surface area (Å²) in [5, 5.41) is 22.4. The molecule has 0 heterocycles. The number of aliphatic hydroxyl groups excluding tert-OH is 1. The van der Waals surface area contributed by atoms with Crippen molar-refractivity contribution in [3.05, 3.63) is 34.9 Å². The van der Waals surface area contributed by atoms with Crippen LogP contribution in [0.4, 0.5) is 0 Å². The molecule has 6 heteroatoms. The van der Waals surface area contributed by atoms with E-state index in [2.05, 4.69) is 19.9 Å². The van der Waals surface area contributed by atoms with Crippen LogP contribution in [-0.4, -0.2) is 59.9 Å². The minimum absolute atomic E-state index is 0.0332. The van der Waals surface area contributed by atoms with Gasteiger partial charge in [-0.2, -0.15) is 0 Å². The van der Waals surface area contributed by atoms with Crippen LogP contribution in [0.15, 0.2) is 34.9 Å². The monoisotopic (exact) mass is 647 g/mol. The molecule has 0 aromatic carbocycles. The van der Waals surface area contributed by atoms with Gasteiger partial charge >= 0.3 is 0 Å². The number of aliphatic hydroxyl groups is 2. The molecule has 6 unspecified atom stereocenters. The van der Waals surface area contributed by atoms with E-state index in [0.717, 1.165) is 64.2 Å². The SMILES string of the molecule is CC/C=C(\C(C)=O)C(O)(CCC)C(C)CC(CCCCC/C(C)=C/CC(=O)CC(O)[C@@H](C)C/C(C)=C/C1CCCC(OC)C1)OC. The number of Topliss-reactive ketones (excluding diaryl/α,β-unsaturated/α-hetero) is 2. The van der Waals surface area contributed by atoms with Crippen LogP contribution in [0, 0.1) is 17.8 Å². The van der Waals surface area contributed by atoms with Gasteiger partial charge < -0.3 is 19.7 Å². The van der Waals surface area contributed by atoms with Gasteiger partial charge in [0.25, 0.3) is 0 Å². The van der Waals surface area contributed by atoms with E-state index in [9.17, 15) is 19.8 Å². The highest BCUT2D eigenvalue weighted by molar-refractivity contribution is 5.95. The first-order valence-corrected chi connectivity index (χ1v) is 18.3. The minimum atomic E-state index is -1.12. The van der Waals surface area contributed by atoms with Crippen molar-refractivity contribution in [1.29, 1.82) is 0 Å². The largest absolute Gasteiger partial charge is 0.392 e.